The Balaban J connectivity index is 1.82. The van der Waals surface area contributed by atoms with Crippen LogP contribution in [0, 0.1) is 0 Å². The lowest BCUT2D eigenvalue weighted by molar-refractivity contribution is 0.0280. The smallest absolute Gasteiger partial charge is 0.410 e. The number of likely N-dealkylation sites (tertiary alicyclic amines) is 2. The van der Waals surface area contributed by atoms with E-state index in [1.807, 2.05) is 25.7 Å². The Morgan fingerprint density at radius 3 is 2.47 bits per heavy atom. The number of rotatable bonds is 2. The minimum absolute atomic E-state index is 0.183. The highest BCUT2D eigenvalue weighted by molar-refractivity contribution is 5.68. The van der Waals surface area contributed by atoms with E-state index in [1.54, 1.807) is 7.11 Å². The van der Waals surface area contributed by atoms with Gasteiger partial charge in [0.15, 0.2) is 0 Å². The van der Waals surface area contributed by atoms with Crippen LogP contribution in [0.25, 0.3) is 0 Å². The van der Waals surface area contributed by atoms with Gasteiger partial charge < -0.3 is 14.4 Å². The average molecular weight is 270 g/mol. The molecule has 0 N–H and O–H groups in total. The summed E-state index contributed by atoms with van der Waals surface area (Å²) in [7, 11) is 1.77. The first kappa shape index (κ1) is 14.6. The molecule has 2 aliphatic rings. The summed E-state index contributed by atoms with van der Waals surface area (Å²) in [5.74, 6) is 0. The first-order valence-corrected chi connectivity index (χ1v) is 7.14. The van der Waals surface area contributed by atoms with Crippen LogP contribution >= 0.6 is 0 Å². The van der Waals surface area contributed by atoms with Crippen molar-refractivity contribution in [3.63, 3.8) is 0 Å². The molecule has 0 aliphatic carbocycles. The van der Waals surface area contributed by atoms with E-state index in [0.717, 1.165) is 39.0 Å². The molecule has 0 aromatic carbocycles. The van der Waals surface area contributed by atoms with E-state index in [1.165, 1.54) is 0 Å². The summed E-state index contributed by atoms with van der Waals surface area (Å²) in [6.07, 6.45) is 2.31. The Labute approximate surface area is 115 Å². The van der Waals surface area contributed by atoms with Crippen molar-refractivity contribution in [2.75, 3.05) is 33.3 Å². The van der Waals surface area contributed by atoms with Gasteiger partial charge in [-0.15, -0.1) is 0 Å². The molecule has 0 bridgehead atoms. The van der Waals surface area contributed by atoms with E-state index in [-0.39, 0.29) is 6.09 Å². The topological polar surface area (TPSA) is 42.0 Å². The lowest BCUT2D eigenvalue weighted by Gasteiger charge is -2.26. The highest BCUT2D eigenvalue weighted by Gasteiger charge is 2.35. The van der Waals surface area contributed by atoms with E-state index in [9.17, 15) is 4.79 Å². The van der Waals surface area contributed by atoms with Crippen LogP contribution < -0.4 is 0 Å². The van der Waals surface area contributed by atoms with Gasteiger partial charge in [-0.3, -0.25) is 4.90 Å². The molecule has 2 saturated heterocycles. The molecule has 110 valence electrons. The van der Waals surface area contributed by atoms with E-state index in [2.05, 4.69) is 4.90 Å². The Bertz CT molecular complexity index is 327. The molecule has 19 heavy (non-hydrogen) atoms. The van der Waals surface area contributed by atoms with Gasteiger partial charge in [0.1, 0.15) is 5.60 Å². The molecular weight excluding hydrogens is 244 g/mol. The maximum Gasteiger partial charge on any atom is 0.410 e. The molecule has 2 heterocycles. The van der Waals surface area contributed by atoms with E-state index < -0.39 is 5.60 Å². The monoisotopic (exact) mass is 270 g/mol. The SMILES string of the molecule is CO[C@H]1CCN([C@@H]2CCN(C(=O)OC(C)(C)C)C2)C1. The Kier molecular flexibility index (Phi) is 4.36. The summed E-state index contributed by atoms with van der Waals surface area (Å²) >= 11 is 0. The van der Waals surface area contributed by atoms with Crippen LogP contribution in [0.2, 0.25) is 0 Å². The molecular formula is C14H26N2O3. The first-order chi connectivity index (χ1) is 8.89. The van der Waals surface area contributed by atoms with Crippen molar-refractivity contribution >= 4 is 6.09 Å². The molecule has 2 atom stereocenters. The van der Waals surface area contributed by atoms with Gasteiger partial charge in [0.05, 0.1) is 6.10 Å². The van der Waals surface area contributed by atoms with Crippen molar-refractivity contribution in [2.24, 2.45) is 0 Å². The fourth-order valence-corrected chi connectivity index (χ4v) is 2.81. The van der Waals surface area contributed by atoms with Gasteiger partial charge in [-0.25, -0.2) is 4.79 Å². The molecule has 0 unspecified atom stereocenters. The summed E-state index contributed by atoms with van der Waals surface area (Å²) < 4.78 is 10.8. The van der Waals surface area contributed by atoms with Crippen molar-refractivity contribution in [3.05, 3.63) is 0 Å². The van der Waals surface area contributed by atoms with Gasteiger partial charge in [0.25, 0.3) is 0 Å². The number of carbonyl (C=O) groups is 1. The molecule has 0 aromatic heterocycles. The van der Waals surface area contributed by atoms with Crippen molar-refractivity contribution in [3.8, 4) is 0 Å². The van der Waals surface area contributed by atoms with Crippen LogP contribution in [0.5, 0.6) is 0 Å². The molecule has 0 aromatic rings. The van der Waals surface area contributed by atoms with Gasteiger partial charge in [-0.1, -0.05) is 0 Å². The lowest BCUT2D eigenvalue weighted by Crippen LogP contribution is -2.40. The first-order valence-electron chi connectivity index (χ1n) is 7.14. The second-order valence-corrected chi connectivity index (χ2v) is 6.51. The Morgan fingerprint density at radius 2 is 1.89 bits per heavy atom. The van der Waals surface area contributed by atoms with Crippen molar-refractivity contribution in [1.29, 1.82) is 0 Å². The summed E-state index contributed by atoms with van der Waals surface area (Å²) in [4.78, 5) is 16.3. The zero-order chi connectivity index (χ0) is 14.0. The van der Waals surface area contributed by atoms with Crippen molar-refractivity contribution in [2.45, 2.75) is 51.4 Å². The third kappa shape index (κ3) is 3.83. The standard InChI is InChI=1S/C14H26N2O3/c1-14(2,3)19-13(17)16-7-5-11(9-16)15-8-6-12(10-15)18-4/h11-12H,5-10H2,1-4H3/t11-,12+/m1/s1. The maximum atomic E-state index is 12.0. The van der Waals surface area contributed by atoms with Gasteiger partial charge in [0, 0.05) is 39.3 Å². The molecule has 5 heteroatoms. The summed E-state index contributed by atoms with van der Waals surface area (Å²) in [6.45, 7) is 9.36. The zero-order valence-corrected chi connectivity index (χ0v) is 12.5. The van der Waals surface area contributed by atoms with Gasteiger partial charge >= 0.3 is 6.09 Å². The van der Waals surface area contributed by atoms with E-state index in [4.69, 9.17) is 9.47 Å². The molecule has 2 aliphatic heterocycles. The molecule has 2 fully saturated rings. The third-order valence-electron chi connectivity index (χ3n) is 3.84. The van der Waals surface area contributed by atoms with Crippen molar-refractivity contribution < 1.29 is 14.3 Å². The van der Waals surface area contributed by atoms with Crippen LogP contribution in [0.4, 0.5) is 4.79 Å². The molecule has 1 amide bonds. The van der Waals surface area contributed by atoms with Gasteiger partial charge in [-0.2, -0.15) is 0 Å². The quantitative estimate of drug-likeness (QED) is 0.766. The molecule has 5 nitrogen and oxygen atoms in total. The number of amides is 1. The number of carbonyl (C=O) groups excluding carboxylic acids is 1. The average Bonchev–Trinajstić information content (AvgIpc) is 2.95. The fraction of sp³-hybridized carbons (Fsp3) is 0.929. The maximum absolute atomic E-state index is 12.0. The van der Waals surface area contributed by atoms with Crippen LogP contribution in [0.15, 0.2) is 0 Å². The highest BCUT2D eigenvalue weighted by Crippen LogP contribution is 2.23. The van der Waals surface area contributed by atoms with Gasteiger partial charge in [-0.05, 0) is 33.6 Å². The molecule has 0 spiro atoms. The summed E-state index contributed by atoms with van der Waals surface area (Å²) in [5, 5.41) is 0. The summed E-state index contributed by atoms with van der Waals surface area (Å²) in [6, 6.07) is 0.465. The number of hydrogen-bond donors (Lipinski definition) is 0. The third-order valence-corrected chi connectivity index (χ3v) is 3.84. The van der Waals surface area contributed by atoms with Crippen LogP contribution in [0.1, 0.15) is 33.6 Å². The number of methoxy groups -OCH3 is 1. The van der Waals surface area contributed by atoms with Gasteiger partial charge in [0.2, 0.25) is 0 Å². The molecule has 2 rings (SSSR count). The summed E-state index contributed by atoms with van der Waals surface area (Å²) in [5.41, 5.74) is -0.413. The number of nitrogens with zero attached hydrogens (tertiary/aromatic N) is 2. The van der Waals surface area contributed by atoms with Crippen molar-refractivity contribution in [1.82, 2.24) is 9.80 Å². The van der Waals surface area contributed by atoms with E-state index >= 15 is 0 Å². The fourth-order valence-electron chi connectivity index (χ4n) is 2.81. The normalized spacial score (nSPS) is 28.9. The second kappa shape index (κ2) is 5.67. The predicted molar refractivity (Wildman–Crippen MR) is 73.2 cm³/mol. The highest BCUT2D eigenvalue weighted by atomic mass is 16.6. The minimum atomic E-state index is -0.413. The predicted octanol–water partition coefficient (Wildman–Crippen LogP) is 1.72. The number of hydrogen-bond acceptors (Lipinski definition) is 4. The molecule has 0 radical (unpaired) electrons. The largest absolute Gasteiger partial charge is 0.444 e. The van der Waals surface area contributed by atoms with Crippen LogP contribution in [-0.4, -0.2) is 66.9 Å². The Morgan fingerprint density at radius 1 is 1.16 bits per heavy atom. The minimum Gasteiger partial charge on any atom is -0.444 e. The lowest BCUT2D eigenvalue weighted by atomic mass is 10.2. The second-order valence-electron chi connectivity index (χ2n) is 6.51. The van der Waals surface area contributed by atoms with Crippen LogP contribution in [0.3, 0.4) is 0 Å². The molecule has 0 saturated carbocycles. The van der Waals surface area contributed by atoms with E-state index in [0.29, 0.717) is 12.1 Å². The number of ether oxygens (including phenoxy) is 2. The van der Waals surface area contributed by atoms with Crippen LogP contribution in [-0.2, 0) is 9.47 Å². The zero-order valence-electron chi connectivity index (χ0n) is 12.5. The Hall–Kier alpha value is -0.810.